The molecule has 108 valence electrons. The minimum absolute atomic E-state index is 0.137. The molecule has 2 aromatic rings. The van der Waals surface area contributed by atoms with Gasteiger partial charge in [0.2, 0.25) is 0 Å². The zero-order valence-corrected chi connectivity index (χ0v) is 13.6. The number of carbonyl (C=O) groups excluding carboxylic acids is 1. The predicted molar refractivity (Wildman–Crippen MR) is 88.6 cm³/mol. The normalized spacial score (nSPS) is 18.0. The molecule has 1 aliphatic rings. The first kappa shape index (κ1) is 14.3. The fraction of sp³-hybridized carbons (Fsp3) is 0.278. The Labute approximate surface area is 133 Å². The third kappa shape index (κ3) is 3.18. The first-order valence-corrected chi connectivity index (χ1v) is 8.04. The molecule has 0 N–H and O–H groups in total. The van der Waals surface area contributed by atoms with Crippen molar-refractivity contribution in [1.82, 2.24) is 4.90 Å². The number of amides is 1. The Morgan fingerprint density at radius 1 is 1.19 bits per heavy atom. The lowest BCUT2D eigenvalue weighted by atomic mass is 9.99. The maximum absolute atomic E-state index is 12.6. The van der Waals surface area contributed by atoms with E-state index in [0.717, 1.165) is 35.1 Å². The Hall–Kier alpha value is -1.61. The van der Waals surface area contributed by atoms with Gasteiger partial charge in [0.05, 0.1) is 0 Å². The molecule has 1 aliphatic heterocycles. The first-order chi connectivity index (χ1) is 10.1. The van der Waals surface area contributed by atoms with E-state index < -0.39 is 0 Å². The van der Waals surface area contributed by atoms with Gasteiger partial charge in [0.15, 0.2) is 0 Å². The highest BCUT2D eigenvalue weighted by atomic mass is 79.9. The number of nitrogens with zero attached hydrogens (tertiary/aromatic N) is 1. The molecule has 0 aliphatic carbocycles. The molecule has 0 bridgehead atoms. The van der Waals surface area contributed by atoms with Crippen molar-refractivity contribution >= 4 is 21.8 Å². The van der Waals surface area contributed by atoms with Crippen molar-refractivity contribution in [3.63, 3.8) is 0 Å². The molecule has 1 amide bonds. The third-order valence-corrected chi connectivity index (χ3v) is 4.49. The number of rotatable bonds is 2. The zero-order chi connectivity index (χ0) is 14.8. The number of halogens is 1. The molecular weight excluding hydrogens is 326 g/mol. The van der Waals surface area contributed by atoms with Crippen LogP contribution in [0.25, 0.3) is 0 Å². The summed E-state index contributed by atoms with van der Waals surface area (Å²) in [5.41, 5.74) is 3.21. The van der Waals surface area contributed by atoms with E-state index in [0.29, 0.717) is 5.92 Å². The number of likely N-dealkylation sites (tertiary alicyclic amines) is 1. The van der Waals surface area contributed by atoms with Gasteiger partial charge < -0.3 is 4.90 Å². The fourth-order valence-electron chi connectivity index (χ4n) is 2.98. The molecule has 1 atom stereocenters. The molecule has 2 aromatic carbocycles. The van der Waals surface area contributed by atoms with Crippen LogP contribution in [0.4, 0.5) is 0 Å². The summed E-state index contributed by atoms with van der Waals surface area (Å²) < 4.78 is 0.963. The Morgan fingerprint density at radius 2 is 1.95 bits per heavy atom. The van der Waals surface area contributed by atoms with E-state index in [4.69, 9.17) is 0 Å². The highest BCUT2D eigenvalue weighted by Gasteiger charge is 2.27. The molecule has 0 radical (unpaired) electrons. The van der Waals surface area contributed by atoms with Crippen molar-refractivity contribution in [1.29, 1.82) is 0 Å². The first-order valence-electron chi connectivity index (χ1n) is 7.25. The van der Waals surface area contributed by atoms with Crippen molar-refractivity contribution < 1.29 is 4.79 Å². The van der Waals surface area contributed by atoms with Gasteiger partial charge >= 0.3 is 0 Å². The predicted octanol–water partition coefficient (Wildman–Crippen LogP) is 4.39. The largest absolute Gasteiger partial charge is 0.338 e. The number of carbonyl (C=O) groups is 1. The van der Waals surface area contributed by atoms with E-state index in [1.807, 2.05) is 36.1 Å². The van der Waals surface area contributed by atoms with Crippen LogP contribution in [0.15, 0.2) is 53.0 Å². The monoisotopic (exact) mass is 343 g/mol. The SMILES string of the molecule is Cc1cc(Br)cc(C(=O)N2CCC(c3ccccc3)C2)c1. The summed E-state index contributed by atoms with van der Waals surface area (Å²) in [6, 6.07) is 16.4. The summed E-state index contributed by atoms with van der Waals surface area (Å²) in [7, 11) is 0. The van der Waals surface area contributed by atoms with E-state index in [9.17, 15) is 4.79 Å². The number of hydrogen-bond donors (Lipinski definition) is 0. The quantitative estimate of drug-likeness (QED) is 0.791. The molecule has 1 saturated heterocycles. The van der Waals surface area contributed by atoms with E-state index >= 15 is 0 Å². The summed E-state index contributed by atoms with van der Waals surface area (Å²) in [6.45, 7) is 3.66. The zero-order valence-electron chi connectivity index (χ0n) is 12.1. The van der Waals surface area contributed by atoms with E-state index in [2.05, 4.69) is 40.2 Å². The molecule has 2 nitrogen and oxygen atoms in total. The lowest BCUT2D eigenvalue weighted by Gasteiger charge is -2.17. The van der Waals surface area contributed by atoms with E-state index in [1.54, 1.807) is 0 Å². The van der Waals surface area contributed by atoms with Crippen LogP contribution in [0.3, 0.4) is 0 Å². The summed E-state index contributed by atoms with van der Waals surface area (Å²) >= 11 is 3.47. The van der Waals surface area contributed by atoms with Gasteiger partial charge in [-0.1, -0.05) is 46.3 Å². The molecular formula is C18H18BrNO. The average Bonchev–Trinajstić information content (AvgIpc) is 2.96. The van der Waals surface area contributed by atoms with E-state index in [-0.39, 0.29) is 5.91 Å². The topological polar surface area (TPSA) is 20.3 Å². The summed E-state index contributed by atoms with van der Waals surface area (Å²) in [4.78, 5) is 14.6. The standard InChI is InChI=1S/C18H18BrNO/c1-13-9-16(11-17(19)10-13)18(21)20-8-7-15(12-20)14-5-3-2-4-6-14/h2-6,9-11,15H,7-8,12H2,1H3. The van der Waals surface area contributed by atoms with Crippen LogP contribution in [0.1, 0.15) is 33.8 Å². The lowest BCUT2D eigenvalue weighted by molar-refractivity contribution is 0.0790. The lowest BCUT2D eigenvalue weighted by Crippen LogP contribution is -2.28. The van der Waals surface area contributed by atoms with Crippen LogP contribution >= 0.6 is 15.9 Å². The maximum Gasteiger partial charge on any atom is 0.253 e. The molecule has 0 spiro atoms. The molecule has 1 heterocycles. The van der Waals surface area contributed by atoms with Gasteiger partial charge in [-0.3, -0.25) is 4.79 Å². The molecule has 1 fully saturated rings. The molecule has 21 heavy (non-hydrogen) atoms. The van der Waals surface area contributed by atoms with Crippen molar-refractivity contribution in [2.75, 3.05) is 13.1 Å². The number of hydrogen-bond acceptors (Lipinski definition) is 1. The highest BCUT2D eigenvalue weighted by Crippen LogP contribution is 2.28. The van der Waals surface area contributed by atoms with Crippen LogP contribution in [0.5, 0.6) is 0 Å². The second-order valence-corrected chi connectivity index (χ2v) is 6.58. The smallest absolute Gasteiger partial charge is 0.253 e. The minimum atomic E-state index is 0.137. The second kappa shape index (κ2) is 6.02. The third-order valence-electron chi connectivity index (χ3n) is 4.04. The van der Waals surface area contributed by atoms with Gasteiger partial charge in [0.25, 0.3) is 5.91 Å². The van der Waals surface area contributed by atoms with Gasteiger partial charge in [0.1, 0.15) is 0 Å². The van der Waals surface area contributed by atoms with Crippen LogP contribution < -0.4 is 0 Å². The van der Waals surface area contributed by atoms with E-state index in [1.165, 1.54) is 5.56 Å². The maximum atomic E-state index is 12.6. The fourth-order valence-corrected chi connectivity index (χ4v) is 3.59. The molecule has 3 rings (SSSR count). The Bertz CT molecular complexity index is 633. The summed E-state index contributed by atoms with van der Waals surface area (Å²) in [5, 5.41) is 0. The van der Waals surface area contributed by atoms with Crippen molar-refractivity contribution in [3.05, 3.63) is 69.7 Å². The molecule has 0 aromatic heterocycles. The van der Waals surface area contributed by atoms with Gasteiger partial charge in [0, 0.05) is 29.0 Å². The van der Waals surface area contributed by atoms with Crippen molar-refractivity contribution in [3.8, 4) is 0 Å². The average molecular weight is 344 g/mol. The summed E-state index contributed by atoms with van der Waals surface area (Å²) in [6.07, 6.45) is 1.04. The second-order valence-electron chi connectivity index (χ2n) is 5.66. The van der Waals surface area contributed by atoms with Crippen LogP contribution in [0, 0.1) is 6.92 Å². The van der Waals surface area contributed by atoms with Crippen LogP contribution in [-0.2, 0) is 0 Å². The number of benzene rings is 2. The Balaban J connectivity index is 1.75. The van der Waals surface area contributed by atoms with Gasteiger partial charge in [-0.05, 0) is 42.7 Å². The number of aryl methyl sites for hydroxylation is 1. The van der Waals surface area contributed by atoms with Crippen molar-refractivity contribution in [2.45, 2.75) is 19.3 Å². The van der Waals surface area contributed by atoms with Gasteiger partial charge in [-0.2, -0.15) is 0 Å². The Morgan fingerprint density at radius 3 is 2.67 bits per heavy atom. The van der Waals surface area contributed by atoms with Crippen molar-refractivity contribution in [2.24, 2.45) is 0 Å². The van der Waals surface area contributed by atoms with Crippen LogP contribution in [-0.4, -0.2) is 23.9 Å². The molecule has 3 heteroatoms. The minimum Gasteiger partial charge on any atom is -0.338 e. The van der Waals surface area contributed by atoms with Gasteiger partial charge in [-0.25, -0.2) is 0 Å². The van der Waals surface area contributed by atoms with Gasteiger partial charge in [-0.15, -0.1) is 0 Å². The van der Waals surface area contributed by atoms with Crippen LogP contribution in [0.2, 0.25) is 0 Å². The Kier molecular flexibility index (Phi) is 4.11. The molecule has 0 saturated carbocycles. The highest BCUT2D eigenvalue weighted by molar-refractivity contribution is 9.10. The molecule has 1 unspecified atom stereocenters. The summed E-state index contributed by atoms with van der Waals surface area (Å²) in [5.74, 6) is 0.598.